The summed E-state index contributed by atoms with van der Waals surface area (Å²) >= 11 is 0. The number of nitrogens with one attached hydrogen (secondary N) is 1. The molecule has 2 fully saturated rings. The highest BCUT2D eigenvalue weighted by atomic mass is 19.2. The van der Waals surface area contributed by atoms with Gasteiger partial charge in [-0.05, 0) is 36.5 Å². The third kappa shape index (κ3) is 2.70. The topological polar surface area (TPSA) is 15.3 Å². The maximum Gasteiger partial charge on any atom is 0.159 e. The maximum atomic E-state index is 13.1. The monoisotopic (exact) mass is 252 g/mol. The first-order valence-electron chi connectivity index (χ1n) is 6.62. The van der Waals surface area contributed by atoms with Crippen LogP contribution in [-0.2, 0) is 6.54 Å². The van der Waals surface area contributed by atoms with Crippen molar-refractivity contribution in [3.63, 3.8) is 0 Å². The maximum absolute atomic E-state index is 13.1. The fourth-order valence-corrected chi connectivity index (χ4v) is 2.70. The Bertz CT molecular complexity index is 432. The molecule has 98 valence electrons. The van der Waals surface area contributed by atoms with E-state index >= 15 is 0 Å². The molecule has 1 saturated heterocycles. The van der Waals surface area contributed by atoms with E-state index in [1.54, 1.807) is 6.07 Å². The molecule has 2 nitrogen and oxygen atoms in total. The molecule has 0 bridgehead atoms. The van der Waals surface area contributed by atoms with Crippen LogP contribution in [0.3, 0.4) is 0 Å². The van der Waals surface area contributed by atoms with Gasteiger partial charge in [0.15, 0.2) is 11.6 Å². The van der Waals surface area contributed by atoms with Gasteiger partial charge < -0.3 is 5.32 Å². The molecule has 4 heteroatoms. The van der Waals surface area contributed by atoms with Gasteiger partial charge in [-0.2, -0.15) is 0 Å². The Morgan fingerprint density at radius 1 is 1.22 bits per heavy atom. The second-order valence-electron chi connectivity index (χ2n) is 5.38. The molecule has 2 aliphatic rings. The lowest BCUT2D eigenvalue weighted by Gasteiger charge is -2.33. The number of hydrogen-bond acceptors (Lipinski definition) is 2. The zero-order chi connectivity index (χ0) is 12.5. The van der Waals surface area contributed by atoms with Crippen molar-refractivity contribution >= 4 is 0 Å². The molecule has 3 rings (SSSR count). The van der Waals surface area contributed by atoms with Crippen molar-refractivity contribution in [3.05, 3.63) is 35.4 Å². The molecular weight excluding hydrogens is 234 g/mol. The lowest BCUT2D eigenvalue weighted by Crippen LogP contribution is -2.51. The number of halogens is 2. The molecule has 0 spiro atoms. The first-order valence-corrected chi connectivity index (χ1v) is 6.62. The third-order valence-electron chi connectivity index (χ3n) is 3.87. The summed E-state index contributed by atoms with van der Waals surface area (Å²) < 4.78 is 26.0. The van der Waals surface area contributed by atoms with Gasteiger partial charge in [0.2, 0.25) is 0 Å². The summed E-state index contributed by atoms with van der Waals surface area (Å²) in [6.45, 7) is 3.69. The van der Waals surface area contributed by atoms with Crippen LogP contribution in [0.2, 0.25) is 0 Å². The molecule has 0 aromatic heterocycles. The molecule has 1 aromatic rings. The molecule has 0 radical (unpaired) electrons. The van der Waals surface area contributed by atoms with Crippen molar-refractivity contribution < 1.29 is 8.78 Å². The molecule has 1 unspecified atom stereocenters. The van der Waals surface area contributed by atoms with E-state index in [-0.39, 0.29) is 0 Å². The summed E-state index contributed by atoms with van der Waals surface area (Å²) in [5.41, 5.74) is 0.852. The highest BCUT2D eigenvalue weighted by Gasteiger charge is 2.33. The predicted molar refractivity (Wildman–Crippen MR) is 66.1 cm³/mol. The van der Waals surface area contributed by atoms with Crippen molar-refractivity contribution in [2.45, 2.75) is 25.4 Å². The van der Waals surface area contributed by atoms with Crippen molar-refractivity contribution in [1.82, 2.24) is 10.2 Å². The molecule has 18 heavy (non-hydrogen) atoms. The number of piperazine rings is 1. The van der Waals surface area contributed by atoms with E-state index in [0.717, 1.165) is 31.1 Å². The minimum Gasteiger partial charge on any atom is -0.311 e. The third-order valence-corrected chi connectivity index (χ3v) is 3.87. The van der Waals surface area contributed by atoms with Gasteiger partial charge in [-0.25, -0.2) is 8.78 Å². The molecule has 1 aliphatic heterocycles. The second kappa shape index (κ2) is 4.94. The van der Waals surface area contributed by atoms with Crippen LogP contribution in [0.15, 0.2) is 18.2 Å². The van der Waals surface area contributed by atoms with Crippen LogP contribution in [0.25, 0.3) is 0 Å². The highest BCUT2D eigenvalue weighted by Crippen LogP contribution is 2.33. The van der Waals surface area contributed by atoms with Gasteiger partial charge in [-0.1, -0.05) is 6.07 Å². The lowest BCUT2D eigenvalue weighted by atomic mass is 10.1. The summed E-state index contributed by atoms with van der Waals surface area (Å²) in [4.78, 5) is 2.33. The van der Waals surface area contributed by atoms with Crippen LogP contribution in [0.5, 0.6) is 0 Å². The van der Waals surface area contributed by atoms with E-state index in [2.05, 4.69) is 10.2 Å². The standard InChI is InChI=1S/C14H18F2N2/c15-12-4-1-10(7-13(12)16)8-18-6-5-17-14(9-18)11-2-3-11/h1,4,7,11,14,17H,2-3,5-6,8-9H2. The van der Waals surface area contributed by atoms with Crippen LogP contribution in [0.1, 0.15) is 18.4 Å². The van der Waals surface area contributed by atoms with Gasteiger partial charge in [-0.15, -0.1) is 0 Å². The Balaban J connectivity index is 1.62. The van der Waals surface area contributed by atoms with Crippen LogP contribution in [0, 0.1) is 17.6 Å². The molecule has 1 atom stereocenters. The van der Waals surface area contributed by atoms with Gasteiger partial charge >= 0.3 is 0 Å². The minimum atomic E-state index is -0.769. The zero-order valence-corrected chi connectivity index (χ0v) is 10.3. The first-order chi connectivity index (χ1) is 8.72. The van der Waals surface area contributed by atoms with E-state index in [1.807, 2.05) is 0 Å². The largest absolute Gasteiger partial charge is 0.311 e. The van der Waals surface area contributed by atoms with Crippen molar-refractivity contribution in [2.75, 3.05) is 19.6 Å². The van der Waals surface area contributed by atoms with Crippen LogP contribution in [0.4, 0.5) is 8.78 Å². The average molecular weight is 252 g/mol. The molecule has 1 aromatic carbocycles. The molecule has 0 amide bonds. The van der Waals surface area contributed by atoms with Crippen molar-refractivity contribution in [1.29, 1.82) is 0 Å². The van der Waals surface area contributed by atoms with E-state index in [1.165, 1.54) is 25.0 Å². The van der Waals surface area contributed by atoms with Gasteiger partial charge in [0.25, 0.3) is 0 Å². The van der Waals surface area contributed by atoms with E-state index in [9.17, 15) is 8.78 Å². The molecule has 1 saturated carbocycles. The number of rotatable bonds is 3. The lowest BCUT2D eigenvalue weighted by molar-refractivity contribution is 0.181. The van der Waals surface area contributed by atoms with Gasteiger partial charge in [0.1, 0.15) is 0 Å². The highest BCUT2D eigenvalue weighted by molar-refractivity contribution is 5.17. The summed E-state index contributed by atoms with van der Waals surface area (Å²) in [5, 5.41) is 3.54. The van der Waals surface area contributed by atoms with Crippen molar-refractivity contribution in [3.8, 4) is 0 Å². The summed E-state index contributed by atoms with van der Waals surface area (Å²) in [6.07, 6.45) is 2.66. The number of benzene rings is 1. The Kier molecular flexibility index (Phi) is 3.31. The van der Waals surface area contributed by atoms with Crippen molar-refractivity contribution in [2.24, 2.45) is 5.92 Å². The Labute approximate surface area is 106 Å². The summed E-state index contributed by atoms with van der Waals surface area (Å²) in [6, 6.07) is 4.78. The Morgan fingerprint density at radius 2 is 2.06 bits per heavy atom. The minimum absolute atomic E-state index is 0.587. The zero-order valence-electron chi connectivity index (χ0n) is 10.3. The van der Waals surface area contributed by atoms with Crippen LogP contribution < -0.4 is 5.32 Å². The smallest absolute Gasteiger partial charge is 0.159 e. The SMILES string of the molecule is Fc1ccc(CN2CCNC(C3CC3)C2)cc1F. The van der Waals surface area contributed by atoms with E-state index in [4.69, 9.17) is 0 Å². The first kappa shape index (κ1) is 12.1. The Morgan fingerprint density at radius 3 is 2.78 bits per heavy atom. The van der Waals surface area contributed by atoms with Gasteiger partial charge in [-0.3, -0.25) is 4.90 Å². The molecule has 1 heterocycles. The predicted octanol–water partition coefficient (Wildman–Crippen LogP) is 2.15. The van der Waals surface area contributed by atoms with Gasteiger partial charge in [0.05, 0.1) is 0 Å². The summed E-state index contributed by atoms with van der Waals surface area (Å²) in [5.74, 6) is -0.686. The molecule has 1 N–H and O–H groups in total. The normalized spacial score (nSPS) is 25.3. The second-order valence-corrected chi connectivity index (χ2v) is 5.38. The number of hydrogen-bond donors (Lipinski definition) is 1. The quantitative estimate of drug-likeness (QED) is 0.886. The summed E-state index contributed by atoms with van der Waals surface area (Å²) in [7, 11) is 0. The van der Waals surface area contributed by atoms with Crippen LogP contribution >= 0.6 is 0 Å². The number of nitrogens with zero attached hydrogens (tertiary/aromatic N) is 1. The molecular formula is C14H18F2N2. The van der Waals surface area contributed by atoms with Gasteiger partial charge in [0, 0.05) is 32.2 Å². The molecule has 1 aliphatic carbocycles. The van der Waals surface area contributed by atoms with E-state index in [0.29, 0.717) is 12.6 Å². The average Bonchev–Trinajstić information content (AvgIpc) is 3.18. The fraction of sp³-hybridized carbons (Fsp3) is 0.571. The van der Waals surface area contributed by atoms with E-state index < -0.39 is 11.6 Å². The fourth-order valence-electron chi connectivity index (χ4n) is 2.70. The van der Waals surface area contributed by atoms with Crippen LogP contribution in [-0.4, -0.2) is 30.6 Å². The Hall–Kier alpha value is -1.00.